The molecule has 0 heterocycles. The molecule has 7 nitrogen and oxygen atoms in total. The van der Waals surface area contributed by atoms with E-state index in [4.69, 9.17) is 9.47 Å². The molecule has 0 aromatic heterocycles. The number of ether oxygens (including phenoxy) is 2. The van der Waals surface area contributed by atoms with E-state index < -0.39 is 34.1 Å². The zero-order valence-corrected chi connectivity index (χ0v) is 32.1. The summed E-state index contributed by atoms with van der Waals surface area (Å²) in [5.41, 5.74) is -3.30. The molecule has 0 spiro atoms. The molecule has 0 aliphatic heterocycles. The number of unbranched alkanes of at least 4 members (excludes halogenated alkanes) is 10. The summed E-state index contributed by atoms with van der Waals surface area (Å²) in [5.74, 6) is -2.89. The van der Waals surface area contributed by atoms with Gasteiger partial charge in [0, 0.05) is 42.9 Å². The summed E-state index contributed by atoms with van der Waals surface area (Å²) in [5, 5.41) is 24.2. The average Bonchev–Trinajstić information content (AvgIpc) is 3.44. The third-order valence-corrected chi connectivity index (χ3v) is 12.0. The van der Waals surface area contributed by atoms with Crippen LogP contribution in [-0.4, -0.2) is 51.3 Å². The molecular formula is C42H68O7. The second-order valence-electron chi connectivity index (χ2n) is 16.0. The third-order valence-electron chi connectivity index (χ3n) is 12.0. The molecule has 0 unspecified atom stereocenters. The molecule has 2 saturated carbocycles. The molecule has 7 atom stereocenters. The highest BCUT2D eigenvalue weighted by Gasteiger charge is 2.83. The maximum atomic E-state index is 13.2. The number of hydrogen-bond acceptors (Lipinski definition) is 7. The van der Waals surface area contributed by atoms with Crippen molar-refractivity contribution < 1.29 is 34.1 Å². The van der Waals surface area contributed by atoms with E-state index >= 15 is 0 Å². The van der Waals surface area contributed by atoms with Gasteiger partial charge in [0.1, 0.15) is 17.8 Å². The fraction of sp³-hybridized carbons (Fsp3) is 0.786. The molecule has 0 saturated heterocycles. The first-order valence-electron chi connectivity index (χ1n) is 19.5. The summed E-state index contributed by atoms with van der Waals surface area (Å²) in [4.78, 5) is 37.8. The smallest absolute Gasteiger partial charge is 0.306 e. The van der Waals surface area contributed by atoms with Gasteiger partial charge < -0.3 is 19.7 Å². The van der Waals surface area contributed by atoms with Crippen molar-refractivity contribution in [2.24, 2.45) is 29.1 Å². The number of ketones is 1. The highest BCUT2D eigenvalue weighted by molar-refractivity contribution is 6.04. The van der Waals surface area contributed by atoms with Crippen LogP contribution in [0.5, 0.6) is 0 Å². The maximum Gasteiger partial charge on any atom is 0.306 e. The van der Waals surface area contributed by atoms with Crippen molar-refractivity contribution >= 4 is 17.7 Å². The minimum absolute atomic E-state index is 0.00658. The summed E-state index contributed by atoms with van der Waals surface area (Å²) in [7, 11) is 0. The lowest BCUT2D eigenvalue weighted by molar-refractivity contribution is -0.186. The van der Waals surface area contributed by atoms with Crippen LogP contribution in [0, 0.1) is 29.1 Å². The Bertz CT molecular complexity index is 1230. The normalized spacial score (nSPS) is 32.5. The number of allylic oxidation sites excluding steroid dienone is 2. The van der Waals surface area contributed by atoms with Gasteiger partial charge in [-0.2, -0.15) is 0 Å². The number of carbonyl (C=O) groups excluding carboxylic acids is 3. The van der Waals surface area contributed by atoms with Crippen LogP contribution in [0.15, 0.2) is 35.5 Å². The van der Waals surface area contributed by atoms with Gasteiger partial charge in [-0.3, -0.25) is 14.4 Å². The van der Waals surface area contributed by atoms with Crippen molar-refractivity contribution in [2.45, 2.75) is 175 Å². The van der Waals surface area contributed by atoms with Crippen LogP contribution in [0.2, 0.25) is 0 Å². The molecule has 2 N–H and O–H groups in total. The van der Waals surface area contributed by atoms with Gasteiger partial charge in [0.2, 0.25) is 0 Å². The second kappa shape index (κ2) is 17.8. The molecule has 7 heteroatoms. The fourth-order valence-corrected chi connectivity index (χ4v) is 9.29. The zero-order valence-electron chi connectivity index (χ0n) is 32.1. The van der Waals surface area contributed by atoms with E-state index in [0.29, 0.717) is 24.0 Å². The lowest BCUT2D eigenvalue weighted by Crippen LogP contribution is -2.61. The van der Waals surface area contributed by atoms with Gasteiger partial charge >= 0.3 is 11.9 Å². The summed E-state index contributed by atoms with van der Waals surface area (Å²) < 4.78 is 11.6. The minimum atomic E-state index is -1.80. The standard InChI is InChI=1S/C30H44O7.C12H24/c1-7-8-9-10-11-12-24(32)36-17-21-14-22-25-27(5,6)29(25,37-20(4)31)15-19(3)30(22,35)23-13-18(2)26(33)28(23,34)16-21;1-3-5-7-9-11-12-10-8-6-4-2/h13-14,19,22-23,25,34-35H,7-12,15-17H2,1-6H3;5,7H,3-4,6,8-12H2,1-2H3/t19-,22+,23-,25-,28-,29+,30-;/m1./s1. The number of fused-ring (bicyclic) bond motifs is 5. The highest BCUT2D eigenvalue weighted by Crippen LogP contribution is 2.76. The summed E-state index contributed by atoms with van der Waals surface area (Å²) in [6.07, 6.45) is 25.1. The van der Waals surface area contributed by atoms with Crippen LogP contribution in [0.3, 0.4) is 0 Å². The van der Waals surface area contributed by atoms with Gasteiger partial charge in [0.25, 0.3) is 0 Å². The number of esters is 2. The van der Waals surface area contributed by atoms with E-state index in [-0.39, 0.29) is 42.6 Å². The molecule has 49 heavy (non-hydrogen) atoms. The second-order valence-corrected chi connectivity index (χ2v) is 16.0. The predicted molar refractivity (Wildman–Crippen MR) is 196 cm³/mol. The molecule has 4 aliphatic rings. The van der Waals surface area contributed by atoms with Gasteiger partial charge in [-0.1, -0.05) is 124 Å². The first-order valence-corrected chi connectivity index (χ1v) is 19.5. The molecule has 4 rings (SSSR count). The summed E-state index contributed by atoms with van der Waals surface area (Å²) >= 11 is 0. The number of aliphatic hydroxyl groups is 2. The van der Waals surface area contributed by atoms with Crippen molar-refractivity contribution in [3.8, 4) is 0 Å². The van der Waals surface area contributed by atoms with E-state index in [1.54, 1.807) is 13.0 Å². The molecule has 0 amide bonds. The lowest BCUT2D eigenvalue weighted by atomic mass is 9.60. The molecule has 4 aliphatic carbocycles. The Hall–Kier alpha value is -2.25. The van der Waals surface area contributed by atoms with Gasteiger partial charge in [-0.05, 0) is 56.1 Å². The van der Waals surface area contributed by atoms with E-state index in [1.807, 2.05) is 26.8 Å². The SMILES string of the molecule is CCC=CCCCCCCCC.CCCCCCCC(=O)OCC1=C[C@H]2[C@@H]3C(C)(C)[C@]3(OC(C)=O)C[C@@H](C)[C@]2(O)[C@@H]2C=C(C)C(=O)[C@@]2(O)C1. The molecule has 0 bridgehead atoms. The predicted octanol–water partition coefficient (Wildman–Crippen LogP) is 9.14. The molecule has 278 valence electrons. The first-order chi connectivity index (χ1) is 23.2. The van der Waals surface area contributed by atoms with Crippen molar-refractivity contribution in [3.05, 3.63) is 35.5 Å². The van der Waals surface area contributed by atoms with E-state index in [2.05, 4.69) is 32.9 Å². The zero-order chi connectivity index (χ0) is 36.5. The Morgan fingerprint density at radius 1 is 0.918 bits per heavy atom. The Balaban J connectivity index is 0.000000463. The molecule has 0 aromatic carbocycles. The Labute approximate surface area is 297 Å². The topological polar surface area (TPSA) is 110 Å². The first kappa shape index (κ1) is 41.2. The quantitative estimate of drug-likeness (QED) is 0.0893. The van der Waals surface area contributed by atoms with E-state index in [1.165, 1.54) is 58.3 Å². The Morgan fingerprint density at radius 2 is 1.53 bits per heavy atom. The average molecular weight is 685 g/mol. The number of carbonyl (C=O) groups is 3. The van der Waals surface area contributed by atoms with E-state index in [9.17, 15) is 24.6 Å². The van der Waals surface area contributed by atoms with Gasteiger partial charge in [0.15, 0.2) is 5.78 Å². The number of Topliss-reactive ketones (excluding diaryl/α,β-unsaturated/α-hetero) is 1. The van der Waals surface area contributed by atoms with Crippen LogP contribution < -0.4 is 0 Å². The van der Waals surface area contributed by atoms with Crippen LogP contribution in [0.1, 0.15) is 158 Å². The van der Waals surface area contributed by atoms with Crippen LogP contribution in [-0.2, 0) is 23.9 Å². The van der Waals surface area contributed by atoms with Gasteiger partial charge in [0.05, 0.1) is 5.60 Å². The number of rotatable bonds is 17. The number of hydrogen-bond donors (Lipinski definition) is 2. The van der Waals surface area contributed by atoms with Crippen LogP contribution in [0.25, 0.3) is 0 Å². The largest absolute Gasteiger partial charge is 0.461 e. The summed E-state index contributed by atoms with van der Waals surface area (Å²) in [6, 6.07) is 0. The van der Waals surface area contributed by atoms with Crippen molar-refractivity contribution in [2.75, 3.05) is 6.61 Å². The van der Waals surface area contributed by atoms with Crippen molar-refractivity contribution in [1.29, 1.82) is 0 Å². The maximum absolute atomic E-state index is 13.2. The highest BCUT2D eigenvalue weighted by atomic mass is 16.6. The Morgan fingerprint density at radius 3 is 2.14 bits per heavy atom. The molecule has 0 aromatic rings. The van der Waals surface area contributed by atoms with Crippen LogP contribution >= 0.6 is 0 Å². The van der Waals surface area contributed by atoms with Crippen molar-refractivity contribution in [1.82, 2.24) is 0 Å². The van der Waals surface area contributed by atoms with E-state index in [0.717, 1.165) is 32.1 Å². The van der Waals surface area contributed by atoms with Gasteiger partial charge in [-0.25, -0.2) is 0 Å². The third kappa shape index (κ3) is 8.98. The monoisotopic (exact) mass is 684 g/mol. The molecular weight excluding hydrogens is 616 g/mol. The Kier molecular flexibility index (Phi) is 15.0. The lowest BCUT2D eigenvalue weighted by Gasteiger charge is -2.50. The molecule has 0 radical (unpaired) electrons. The summed E-state index contributed by atoms with van der Waals surface area (Å²) in [6.45, 7) is 15.6. The van der Waals surface area contributed by atoms with Crippen molar-refractivity contribution in [3.63, 3.8) is 0 Å². The fourth-order valence-electron chi connectivity index (χ4n) is 9.29. The minimum Gasteiger partial charge on any atom is -0.461 e. The van der Waals surface area contributed by atoms with Crippen LogP contribution in [0.4, 0.5) is 0 Å². The van der Waals surface area contributed by atoms with Gasteiger partial charge in [-0.15, -0.1) is 0 Å². The molecule has 2 fully saturated rings.